The fourth-order valence-corrected chi connectivity index (χ4v) is 1.78. The maximum absolute atomic E-state index is 13.6. The molecule has 0 amide bonds. The molecule has 1 atom stereocenters. The Kier molecular flexibility index (Phi) is 3.20. The van der Waals surface area contributed by atoms with Crippen LogP contribution < -0.4 is 5.73 Å². The summed E-state index contributed by atoms with van der Waals surface area (Å²) in [5, 5.41) is 0. The van der Waals surface area contributed by atoms with Crippen molar-refractivity contribution < 1.29 is 8.78 Å². The SMILES string of the molecule is Cc1ccc(F)c(C(N)c2cccc(F)c2)c1. The molecule has 0 aromatic heterocycles. The first-order valence-corrected chi connectivity index (χ1v) is 5.35. The van der Waals surface area contributed by atoms with E-state index in [9.17, 15) is 8.78 Å². The van der Waals surface area contributed by atoms with Gasteiger partial charge in [0.25, 0.3) is 0 Å². The van der Waals surface area contributed by atoms with Gasteiger partial charge in [-0.05, 0) is 30.7 Å². The van der Waals surface area contributed by atoms with Crippen molar-refractivity contribution in [1.82, 2.24) is 0 Å². The molecule has 0 saturated heterocycles. The van der Waals surface area contributed by atoms with Gasteiger partial charge in [-0.15, -0.1) is 0 Å². The van der Waals surface area contributed by atoms with Crippen LogP contribution in [0.1, 0.15) is 22.7 Å². The molecule has 0 heterocycles. The third kappa shape index (κ3) is 2.50. The second-order valence-corrected chi connectivity index (χ2v) is 4.06. The summed E-state index contributed by atoms with van der Waals surface area (Å²) in [7, 11) is 0. The Hall–Kier alpha value is -1.74. The van der Waals surface area contributed by atoms with E-state index in [1.54, 1.807) is 24.3 Å². The zero-order valence-electron chi connectivity index (χ0n) is 9.45. The van der Waals surface area contributed by atoms with Crippen LogP contribution in [0.5, 0.6) is 0 Å². The molecule has 2 aromatic rings. The molecule has 0 aliphatic rings. The molecule has 2 aromatic carbocycles. The van der Waals surface area contributed by atoms with Crippen molar-refractivity contribution in [3.63, 3.8) is 0 Å². The molecule has 88 valence electrons. The number of hydrogen-bond donors (Lipinski definition) is 1. The summed E-state index contributed by atoms with van der Waals surface area (Å²) in [6.07, 6.45) is 0. The average Bonchev–Trinajstić information content (AvgIpc) is 2.31. The zero-order valence-corrected chi connectivity index (χ0v) is 9.45. The van der Waals surface area contributed by atoms with Crippen LogP contribution in [0, 0.1) is 18.6 Å². The minimum absolute atomic E-state index is 0.368. The first-order chi connectivity index (χ1) is 8.08. The van der Waals surface area contributed by atoms with Gasteiger partial charge in [0.05, 0.1) is 6.04 Å². The molecule has 0 aliphatic heterocycles. The number of rotatable bonds is 2. The van der Waals surface area contributed by atoms with E-state index >= 15 is 0 Å². The van der Waals surface area contributed by atoms with E-state index in [2.05, 4.69) is 0 Å². The molecule has 0 aliphatic carbocycles. The highest BCUT2D eigenvalue weighted by atomic mass is 19.1. The van der Waals surface area contributed by atoms with E-state index in [4.69, 9.17) is 5.73 Å². The van der Waals surface area contributed by atoms with Crippen molar-refractivity contribution in [3.8, 4) is 0 Å². The molecule has 17 heavy (non-hydrogen) atoms. The smallest absolute Gasteiger partial charge is 0.128 e. The Bertz CT molecular complexity index is 537. The molecular weight excluding hydrogens is 220 g/mol. The predicted molar refractivity (Wildman–Crippen MR) is 63.6 cm³/mol. The maximum atomic E-state index is 13.6. The summed E-state index contributed by atoms with van der Waals surface area (Å²) >= 11 is 0. The van der Waals surface area contributed by atoms with Gasteiger partial charge >= 0.3 is 0 Å². The largest absolute Gasteiger partial charge is 0.320 e. The minimum Gasteiger partial charge on any atom is -0.320 e. The first kappa shape index (κ1) is 11.7. The van der Waals surface area contributed by atoms with Gasteiger partial charge in [0.1, 0.15) is 11.6 Å². The summed E-state index contributed by atoms with van der Waals surface area (Å²) in [4.78, 5) is 0. The van der Waals surface area contributed by atoms with Gasteiger partial charge in [0, 0.05) is 5.56 Å². The molecular formula is C14H13F2N. The van der Waals surface area contributed by atoms with Crippen molar-refractivity contribution in [2.75, 3.05) is 0 Å². The number of aryl methyl sites for hydroxylation is 1. The van der Waals surface area contributed by atoms with E-state index in [-0.39, 0.29) is 11.6 Å². The van der Waals surface area contributed by atoms with E-state index in [1.165, 1.54) is 18.2 Å². The van der Waals surface area contributed by atoms with Crippen molar-refractivity contribution in [2.45, 2.75) is 13.0 Å². The zero-order chi connectivity index (χ0) is 12.4. The third-order valence-electron chi connectivity index (χ3n) is 2.69. The highest BCUT2D eigenvalue weighted by Crippen LogP contribution is 2.23. The Morgan fingerprint density at radius 3 is 2.53 bits per heavy atom. The quantitative estimate of drug-likeness (QED) is 0.846. The maximum Gasteiger partial charge on any atom is 0.128 e. The Labute approximate surface area is 98.9 Å². The van der Waals surface area contributed by atoms with Gasteiger partial charge in [0.15, 0.2) is 0 Å². The summed E-state index contributed by atoms with van der Waals surface area (Å²) in [5.41, 5.74) is 7.82. The fourth-order valence-electron chi connectivity index (χ4n) is 1.78. The predicted octanol–water partition coefficient (Wildman–Crippen LogP) is 3.32. The summed E-state index contributed by atoms with van der Waals surface area (Å²) in [5.74, 6) is -0.738. The van der Waals surface area contributed by atoms with Gasteiger partial charge in [0.2, 0.25) is 0 Å². The molecule has 0 saturated carbocycles. The van der Waals surface area contributed by atoms with Crippen LogP contribution >= 0.6 is 0 Å². The van der Waals surface area contributed by atoms with Crippen LogP contribution in [0.4, 0.5) is 8.78 Å². The van der Waals surface area contributed by atoms with Crippen molar-refractivity contribution >= 4 is 0 Å². The lowest BCUT2D eigenvalue weighted by molar-refractivity contribution is 0.595. The van der Waals surface area contributed by atoms with Gasteiger partial charge < -0.3 is 5.73 Å². The second-order valence-electron chi connectivity index (χ2n) is 4.06. The second kappa shape index (κ2) is 4.63. The minimum atomic E-state index is -0.648. The van der Waals surface area contributed by atoms with E-state index in [0.717, 1.165) is 5.56 Å². The Balaban J connectivity index is 2.43. The van der Waals surface area contributed by atoms with E-state index in [0.29, 0.717) is 11.1 Å². The standard InChI is InChI=1S/C14H13F2N/c1-9-5-6-13(16)12(7-9)14(17)10-3-2-4-11(15)8-10/h2-8,14H,17H2,1H3. The van der Waals surface area contributed by atoms with Gasteiger partial charge in [-0.3, -0.25) is 0 Å². The van der Waals surface area contributed by atoms with Gasteiger partial charge in [-0.25, -0.2) is 8.78 Å². The Morgan fingerprint density at radius 1 is 1.06 bits per heavy atom. The topological polar surface area (TPSA) is 26.0 Å². The van der Waals surface area contributed by atoms with Crippen LogP contribution in [-0.2, 0) is 0 Å². The lowest BCUT2D eigenvalue weighted by Crippen LogP contribution is -2.14. The van der Waals surface area contributed by atoms with Crippen LogP contribution in [0.15, 0.2) is 42.5 Å². The average molecular weight is 233 g/mol. The van der Waals surface area contributed by atoms with Crippen LogP contribution in [0.2, 0.25) is 0 Å². The highest BCUT2D eigenvalue weighted by molar-refractivity contribution is 5.34. The molecule has 3 heteroatoms. The number of halogens is 2. The van der Waals surface area contributed by atoms with E-state index < -0.39 is 6.04 Å². The first-order valence-electron chi connectivity index (χ1n) is 5.35. The highest BCUT2D eigenvalue weighted by Gasteiger charge is 2.14. The number of benzene rings is 2. The lowest BCUT2D eigenvalue weighted by atomic mass is 9.97. The van der Waals surface area contributed by atoms with Gasteiger partial charge in [-0.1, -0.05) is 29.8 Å². The van der Waals surface area contributed by atoms with Crippen molar-refractivity contribution in [3.05, 3.63) is 70.8 Å². The molecule has 0 bridgehead atoms. The number of hydrogen-bond acceptors (Lipinski definition) is 1. The van der Waals surface area contributed by atoms with E-state index in [1.807, 2.05) is 6.92 Å². The molecule has 1 nitrogen and oxygen atoms in total. The van der Waals surface area contributed by atoms with Crippen molar-refractivity contribution in [1.29, 1.82) is 0 Å². The molecule has 0 radical (unpaired) electrons. The molecule has 0 fully saturated rings. The molecule has 2 N–H and O–H groups in total. The lowest BCUT2D eigenvalue weighted by Gasteiger charge is -2.14. The normalized spacial score (nSPS) is 12.5. The third-order valence-corrected chi connectivity index (χ3v) is 2.69. The molecule has 2 rings (SSSR count). The van der Waals surface area contributed by atoms with Crippen molar-refractivity contribution in [2.24, 2.45) is 5.73 Å². The van der Waals surface area contributed by atoms with Crippen LogP contribution in [0.25, 0.3) is 0 Å². The molecule has 1 unspecified atom stereocenters. The fraction of sp³-hybridized carbons (Fsp3) is 0.143. The molecule has 0 spiro atoms. The Morgan fingerprint density at radius 2 is 1.82 bits per heavy atom. The number of nitrogens with two attached hydrogens (primary N) is 1. The van der Waals surface area contributed by atoms with Gasteiger partial charge in [-0.2, -0.15) is 0 Å². The van der Waals surface area contributed by atoms with Crippen LogP contribution in [-0.4, -0.2) is 0 Å². The van der Waals surface area contributed by atoms with Crippen LogP contribution in [0.3, 0.4) is 0 Å². The summed E-state index contributed by atoms with van der Waals surface area (Å²) in [6.45, 7) is 1.86. The summed E-state index contributed by atoms with van der Waals surface area (Å²) < 4.78 is 26.7. The monoisotopic (exact) mass is 233 g/mol. The summed E-state index contributed by atoms with van der Waals surface area (Å²) in [6, 6.07) is 10.0.